The second-order valence-corrected chi connectivity index (χ2v) is 6.46. The summed E-state index contributed by atoms with van der Waals surface area (Å²) in [5.74, 6) is 0.573. The summed E-state index contributed by atoms with van der Waals surface area (Å²) in [4.78, 5) is 6.28. The third kappa shape index (κ3) is 4.49. The zero-order valence-corrected chi connectivity index (χ0v) is 17.1. The van der Waals surface area contributed by atoms with E-state index >= 15 is 0 Å². The molecule has 27 heavy (non-hydrogen) atoms. The number of aromatic nitrogens is 1. The van der Waals surface area contributed by atoms with Gasteiger partial charge in [0.15, 0.2) is 0 Å². The summed E-state index contributed by atoms with van der Waals surface area (Å²) >= 11 is 0. The van der Waals surface area contributed by atoms with Crippen molar-refractivity contribution in [2.45, 2.75) is 59.9 Å². The summed E-state index contributed by atoms with van der Waals surface area (Å²) in [7, 11) is 0. The van der Waals surface area contributed by atoms with Crippen LogP contribution in [0.25, 0.3) is 16.6 Å². The summed E-state index contributed by atoms with van der Waals surface area (Å²) in [5.41, 5.74) is 3.02. The monoisotopic (exact) mass is 369 g/mol. The van der Waals surface area contributed by atoms with Gasteiger partial charge in [-0.05, 0) is 24.3 Å². The molecule has 0 spiro atoms. The van der Waals surface area contributed by atoms with Crippen molar-refractivity contribution >= 4 is 22.8 Å². The van der Waals surface area contributed by atoms with Crippen molar-refractivity contribution in [1.82, 2.24) is 9.47 Å². The first-order valence-corrected chi connectivity index (χ1v) is 10.2. The number of allylic oxidation sites excluding steroid dienone is 1. The molecule has 2 aliphatic rings. The highest BCUT2D eigenvalue weighted by Gasteiger charge is 2.26. The molecule has 4 rings (SSSR count). The Morgan fingerprint density at radius 3 is 2.48 bits per heavy atom. The van der Waals surface area contributed by atoms with E-state index in [1.807, 2.05) is 32.1 Å². The van der Waals surface area contributed by atoms with Gasteiger partial charge in [-0.3, -0.25) is 0 Å². The highest BCUT2D eigenvalue weighted by Crippen LogP contribution is 2.34. The lowest BCUT2D eigenvalue weighted by Crippen LogP contribution is -2.32. The number of aliphatic imine (C=N–C) groups is 1. The molecule has 0 fully saturated rings. The summed E-state index contributed by atoms with van der Waals surface area (Å²) in [6, 6.07) is 7.13. The molecule has 146 valence electrons. The molecule has 2 aliphatic heterocycles. The number of halogens is 1. The normalized spacial score (nSPS) is 14.5. The zero-order valence-electron chi connectivity index (χ0n) is 17.1. The molecule has 3 nitrogen and oxygen atoms in total. The number of benzene rings is 1. The maximum absolute atomic E-state index is 13.9. The van der Waals surface area contributed by atoms with Crippen LogP contribution in [-0.2, 0) is 6.54 Å². The van der Waals surface area contributed by atoms with E-state index in [4.69, 9.17) is 0 Å². The van der Waals surface area contributed by atoms with Crippen LogP contribution in [0.5, 0.6) is 0 Å². The predicted molar refractivity (Wildman–Crippen MR) is 115 cm³/mol. The Labute approximate surface area is 162 Å². The van der Waals surface area contributed by atoms with Gasteiger partial charge in [0.05, 0.1) is 16.9 Å². The summed E-state index contributed by atoms with van der Waals surface area (Å²) in [6.45, 7) is 14.0. The fraction of sp³-hybridized carbons (Fsp3) is 0.435. The maximum Gasteiger partial charge on any atom is 0.132 e. The van der Waals surface area contributed by atoms with Gasteiger partial charge in [0.1, 0.15) is 11.6 Å². The Morgan fingerprint density at radius 2 is 1.81 bits per heavy atom. The van der Waals surface area contributed by atoms with Crippen LogP contribution in [0, 0.1) is 5.82 Å². The minimum Gasteiger partial charge on any atom is -0.337 e. The molecule has 0 unspecified atom stereocenters. The van der Waals surface area contributed by atoms with Crippen LogP contribution in [-0.4, -0.2) is 22.2 Å². The van der Waals surface area contributed by atoms with E-state index < -0.39 is 0 Å². The van der Waals surface area contributed by atoms with Crippen molar-refractivity contribution < 1.29 is 4.39 Å². The lowest BCUT2D eigenvalue weighted by atomic mass is 10.2. The molecule has 0 saturated carbocycles. The van der Waals surface area contributed by atoms with Crippen LogP contribution >= 0.6 is 0 Å². The molecule has 0 atom stereocenters. The van der Waals surface area contributed by atoms with E-state index in [2.05, 4.69) is 34.9 Å². The number of rotatable bonds is 3. The molecule has 2 aromatic rings. The summed E-state index contributed by atoms with van der Waals surface area (Å²) in [6.07, 6.45) is 9.24. The van der Waals surface area contributed by atoms with Gasteiger partial charge in [-0.1, -0.05) is 66.0 Å². The smallest absolute Gasteiger partial charge is 0.132 e. The van der Waals surface area contributed by atoms with Crippen LogP contribution in [0.4, 0.5) is 4.39 Å². The van der Waals surface area contributed by atoms with Crippen molar-refractivity contribution in [3.8, 4) is 0 Å². The molecule has 4 heteroatoms. The first-order valence-electron chi connectivity index (χ1n) is 10.2. The minimum absolute atomic E-state index is 0.171. The van der Waals surface area contributed by atoms with Crippen LogP contribution in [0.3, 0.4) is 0 Å². The van der Waals surface area contributed by atoms with Crippen molar-refractivity contribution in [1.29, 1.82) is 0 Å². The molecular formula is C23H32FN3. The van der Waals surface area contributed by atoms with Crippen LogP contribution in [0.15, 0.2) is 47.7 Å². The molecule has 0 N–H and O–H groups in total. The molecule has 3 heterocycles. The van der Waals surface area contributed by atoms with Gasteiger partial charge in [0, 0.05) is 24.7 Å². The van der Waals surface area contributed by atoms with E-state index in [0.717, 1.165) is 35.8 Å². The first kappa shape index (κ1) is 20.9. The Bertz CT molecular complexity index is 826. The number of nitrogens with zero attached hydrogens (tertiary/aromatic N) is 3. The maximum atomic E-state index is 13.9. The Kier molecular flexibility index (Phi) is 7.83. The number of fused-ring (bicyclic) bond motifs is 5. The van der Waals surface area contributed by atoms with Gasteiger partial charge in [-0.25, -0.2) is 9.38 Å². The molecule has 0 aliphatic carbocycles. The molecule has 0 amide bonds. The topological polar surface area (TPSA) is 20.5 Å². The lowest BCUT2D eigenvalue weighted by molar-refractivity contribution is 0.419. The van der Waals surface area contributed by atoms with Crippen molar-refractivity contribution in [3.63, 3.8) is 0 Å². The van der Waals surface area contributed by atoms with Gasteiger partial charge in [0.2, 0.25) is 0 Å². The van der Waals surface area contributed by atoms with Crippen molar-refractivity contribution in [2.75, 3.05) is 6.54 Å². The molecule has 0 saturated heterocycles. The molecule has 1 aromatic heterocycles. The van der Waals surface area contributed by atoms with E-state index in [9.17, 15) is 4.39 Å². The highest BCUT2D eigenvalue weighted by atomic mass is 19.1. The molecule has 0 radical (unpaired) electrons. The van der Waals surface area contributed by atoms with E-state index in [0.29, 0.717) is 5.39 Å². The third-order valence-electron chi connectivity index (χ3n) is 4.72. The molecule has 0 bridgehead atoms. The largest absolute Gasteiger partial charge is 0.337 e. The van der Waals surface area contributed by atoms with Gasteiger partial charge in [-0.2, -0.15) is 0 Å². The summed E-state index contributed by atoms with van der Waals surface area (Å²) in [5, 5.41) is 0.674. The van der Waals surface area contributed by atoms with Gasteiger partial charge in [-0.15, -0.1) is 0 Å². The van der Waals surface area contributed by atoms with Crippen molar-refractivity contribution in [2.24, 2.45) is 4.99 Å². The lowest BCUT2D eigenvalue weighted by Gasteiger charge is -2.34. The second kappa shape index (κ2) is 10.1. The first-order chi connectivity index (χ1) is 13.2. The van der Waals surface area contributed by atoms with E-state index in [-0.39, 0.29) is 5.82 Å². The summed E-state index contributed by atoms with van der Waals surface area (Å²) < 4.78 is 16.0. The van der Waals surface area contributed by atoms with E-state index in [1.54, 1.807) is 12.3 Å². The van der Waals surface area contributed by atoms with Crippen LogP contribution < -0.4 is 0 Å². The van der Waals surface area contributed by atoms with Crippen molar-refractivity contribution in [3.05, 3.63) is 54.3 Å². The SMILES string of the molecule is C=C1N=CC=C2c3cc4c(F)cccc4n3CCN12.CC.CCCCCC. The Balaban J connectivity index is 0.000000283. The quantitative estimate of drug-likeness (QED) is 0.558. The van der Waals surface area contributed by atoms with Gasteiger partial charge >= 0.3 is 0 Å². The molecular weight excluding hydrogens is 337 g/mol. The minimum atomic E-state index is -0.171. The third-order valence-corrected chi connectivity index (χ3v) is 4.72. The Hall–Kier alpha value is -2.36. The number of hydrogen-bond acceptors (Lipinski definition) is 2. The second-order valence-electron chi connectivity index (χ2n) is 6.46. The van der Waals surface area contributed by atoms with Gasteiger partial charge in [0.25, 0.3) is 0 Å². The molecule has 1 aromatic carbocycles. The standard InChI is InChI=1S/C15H12FN3.C6H14.C2H6/c1-10-17-6-5-14-15-9-11-12(16)3-2-4-13(11)19(15)8-7-18(10)14;1-3-5-6-4-2;1-2/h2-6,9H,1,7-8H2;3-6H2,1-2H3;1-2H3. The number of hydrogen-bond donors (Lipinski definition) is 0. The average molecular weight is 370 g/mol. The van der Waals surface area contributed by atoms with Gasteiger partial charge < -0.3 is 9.47 Å². The van der Waals surface area contributed by atoms with E-state index in [1.165, 1.54) is 31.7 Å². The predicted octanol–water partition coefficient (Wildman–Crippen LogP) is 6.61. The Morgan fingerprint density at radius 1 is 1.11 bits per heavy atom. The zero-order chi connectivity index (χ0) is 19.8. The number of unbranched alkanes of at least 4 members (excludes halogenated alkanes) is 3. The highest BCUT2D eigenvalue weighted by molar-refractivity contribution is 5.92. The fourth-order valence-electron chi connectivity index (χ4n) is 3.37. The fourth-order valence-corrected chi connectivity index (χ4v) is 3.37. The van der Waals surface area contributed by atoms with Crippen LogP contribution in [0.1, 0.15) is 59.1 Å². The average Bonchev–Trinajstić information content (AvgIpc) is 3.09. The van der Waals surface area contributed by atoms with Crippen LogP contribution in [0.2, 0.25) is 0 Å².